The summed E-state index contributed by atoms with van der Waals surface area (Å²) < 4.78 is 68.4. The number of ether oxygens (including phenoxy) is 4. The number of phosphoric ester groups is 2. The zero-order chi connectivity index (χ0) is 69.0. The van der Waals surface area contributed by atoms with Gasteiger partial charge < -0.3 is 33.8 Å². The van der Waals surface area contributed by atoms with E-state index in [-0.39, 0.29) is 25.7 Å². The first-order chi connectivity index (χ1) is 45.7. The van der Waals surface area contributed by atoms with Crippen LogP contribution in [0.15, 0.2) is 36.5 Å². The minimum atomic E-state index is -4.97. The molecule has 0 amide bonds. The Bertz CT molecular complexity index is 1930. The fraction of sp³-hybridized carbons (Fsp3) is 0.867. The van der Waals surface area contributed by atoms with Crippen molar-refractivity contribution in [1.29, 1.82) is 0 Å². The van der Waals surface area contributed by atoms with Crippen LogP contribution in [0, 0.1) is 0 Å². The van der Waals surface area contributed by atoms with E-state index in [0.717, 1.165) is 135 Å². The molecule has 0 aromatic heterocycles. The third-order valence-electron chi connectivity index (χ3n) is 16.6. The lowest BCUT2D eigenvalue weighted by atomic mass is 10.0. The number of hydrogen-bond donors (Lipinski definition) is 3. The van der Waals surface area contributed by atoms with Crippen molar-refractivity contribution < 1.29 is 80.2 Å². The molecule has 0 aliphatic carbocycles. The molecule has 0 aromatic rings. The number of phosphoric acid groups is 2. The van der Waals surface area contributed by atoms with Gasteiger partial charge in [0.2, 0.25) is 0 Å². The van der Waals surface area contributed by atoms with Gasteiger partial charge in [0.05, 0.1) is 26.4 Å². The second kappa shape index (κ2) is 68.8. The average molecular weight is 1380 g/mol. The van der Waals surface area contributed by atoms with E-state index in [1.165, 1.54) is 148 Å². The van der Waals surface area contributed by atoms with Gasteiger partial charge >= 0.3 is 39.5 Å². The number of esters is 4. The number of aliphatic hydroxyl groups is 1. The van der Waals surface area contributed by atoms with Crippen molar-refractivity contribution in [2.45, 2.75) is 380 Å². The van der Waals surface area contributed by atoms with Crippen LogP contribution in [-0.4, -0.2) is 96.7 Å². The summed E-state index contributed by atoms with van der Waals surface area (Å²) in [6.45, 7) is 4.87. The molecular weight excluding hydrogens is 1230 g/mol. The molecular formula is C75H140O17P2. The highest BCUT2D eigenvalue weighted by molar-refractivity contribution is 7.47. The lowest BCUT2D eigenvalue weighted by Gasteiger charge is -2.21. The van der Waals surface area contributed by atoms with Crippen molar-refractivity contribution in [3.63, 3.8) is 0 Å². The highest BCUT2D eigenvalue weighted by atomic mass is 31.2. The molecule has 0 bridgehead atoms. The monoisotopic (exact) mass is 1370 g/mol. The van der Waals surface area contributed by atoms with Crippen LogP contribution in [0.1, 0.15) is 362 Å². The summed E-state index contributed by atoms with van der Waals surface area (Å²) in [5.74, 6) is -2.17. The van der Waals surface area contributed by atoms with E-state index < -0.39 is 97.5 Å². The maximum Gasteiger partial charge on any atom is 0.472 e. The fourth-order valence-corrected chi connectivity index (χ4v) is 12.3. The Kier molecular flexibility index (Phi) is 66.8. The van der Waals surface area contributed by atoms with E-state index in [2.05, 4.69) is 64.2 Å². The molecule has 17 nitrogen and oxygen atoms in total. The van der Waals surface area contributed by atoms with Gasteiger partial charge in [-0.25, -0.2) is 9.13 Å². The molecule has 552 valence electrons. The minimum absolute atomic E-state index is 0.0891. The van der Waals surface area contributed by atoms with Gasteiger partial charge in [-0.15, -0.1) is 0 Å². The van der Waals surface area contributed by atoms with E-state index in [1.807, 2.05) is 0 Å². The molecule has 0 radical (unpaired) electrons. The maximum atomic E-state index is 13.1. The van der Waals surface area contributed by atoms with Crippen LogP contribution in [0.2, 0.25) is 0 Å². The van der Waals surface area contributed by atoms with Crippen LogP contribution in [0.3, 0.4) is 0 Å². The number of carbonyl (C=O) groups excluding carboxylic acids is 4. The number of allylic oxidation sites excluding steroid dienone is 6. The summed E-state index contributed by atoms with van der Waals surface area (Å²) >= 11 is 0. The van der Waals surface area contributed by atoms with Crippen molar-refractivity contribution >= 4 is 39.5 Å². The van der Waals surface area contributed by atoms with Crippen molar-refractivity contribution in [3.8, 4) is 0 Å². The van der Waals surface area contributed by atoms with Gasteiger partial charge in [0.25, 0.3) is 0 Å². The van der Waals surface area contributed by atoms with Gasteiger partial charge in [-0.3, -0.25) is 37.3 Å². The largest absolute Gasteiger partial charge is 0.472 e. The normalized spacial score (nSPS) is 14.2. The maximum absolute atomic E-state index is 13.1. The lowest BCUT2D eigenvalue weighted by molar-refractivity contribution is -0.161. The summed E-state index contributed by atoms with van der Waals surface area (Å²) in [6.07, 6.45) is 62.7. The second-order valence-corrected chi connectivity index (χ2v) is 28.9. The topological polar surface area (TPSA) is 237 Å². The van der Waals surface area contributed by atoms with Gasteiger partial charge in [-0.1, -0.05) is 270 Å². The molecule has 19 heteroatoms. The molecule has 2 unspecified atom stereocenters. The molecule has 3 N–H and O–H groups in total. The van der Waals surface area contributed by atoms with Crippen LogP contribution >= 0.6 is 15.6 Å². The third-order valence-corrected chi connectivity index (χ3v) is 18.5. The molecule has 0 heterocycles. The van der Waals surface area contributed by atoms with Gasteiger partial charge in [-0.05, 0) is 103 Å². The smallest absolute Gasteiger partial charge is 0.462 e. The highest BCUT2D eigenvalue weighted by Crippen LogP contribution is 2.45. The first kappa shape index (κ1) is 91.3. The molecule has 5 atom stereocenters. The van der Waals surface area contributed by atoms with E-state index in [9.17, 15) is 43.2 Å². The highest BCUT2D eigenvalue weighted by Gasteiger charge is 2.30. The standard InChI is InChI=1S/C75H140O17P2/c1-5-9-13-17-21-25-29-33-34-38-40-44-48-52-56-60-73(78)86-66-71(92-75(80)62-58-54-50-46-42-37-32-28-24-20-16-12-8-4)68-90-94(83,84)88-64-69(76)63-87-93(81,82)89-67-70(91-74(79)61-57-53-49-45-41-36-31-27-23-19-15-11-7-3)65-85-72(77)59-55-51-47-43-39-35-30-26-22-18-14-10-6-2/h27-28,31-34,69-71,76H,5-26,29-30,35-68H2,1-4H3,(H,81,82)(H,83,84)/b31-27-,32-28-,34-33-/t69-,70-,71-/m1/s1. The molecule has 0 aromatic carbocycles. The average Bonchev–Trinajstić information content (AvgIpc) is 1.63. The molecule has 0 saturated heterocycles. The molecule has 0 aliphatic heterocycles. The Labute approximate surface area is 573 Å². The molecule has 0 aliphatic rings. The molecule has 0 fully saturated rings. The van der Waals surface area contributed by atoms with Crippen molar-refractivity contribution in [2.75, 3.05) is 39.6 Å². The van der Waals surface area contributed by atoms with Crippen LogP contribution in [-0.2, 0) is 65.4 Å². The van der Waals surface area contributed by atoms with E-state index in [1.54, 1.807) is 0 Å². The lowest BCUT2D eigenvalue weighted by Crippen LogP contribution is -2.30. The van der Waals surface area contributed by atoms with Gasteiger partial charge in [0, 0.05) is 25.7 Å². The first-order valence-corrected chi connectivity index (χ1v) is 41.2. The minimum Gasteiger partial charge on any atom is -0.462 e. The molecule has 0 rings (SSSR count). The van der Waals surface area contributed by atoms with Gasteiger partial charge in [0.1, 0.15) is 19.3 Å². The first-order valence-electron chi connectivity index (χ1n) is 38.2. The van der Waals surface area contributed by atoms with Crippen LogP contribution < -0.4 is 0 Å². The number of carbonyl (C=O) groups is 4. The molecule has 0 spiro atoms. The summed E-state index contributed by atoms with van der Waals surface area (Å²) in [7, 11) is -9.93. The summed E-state index contributed by atoms with van der Waals surface area (Å²) in [6, 6.07) is 0. The SMILES string of the molecule is CCCCCC/C=C\CCCCCCCC(=O)O[C@H](COC(=O)CCCCCCC/C=C\CCCCCCCC)COP(=O)(O)OC[C@H](O)COP(=O)(O)OC[C@@H](COC(=O)CCCCCCCCCCCCCCC)OC(=O)CCCCCCC/C=C\CCCCCC. The summed E-state index contributed by atoms with van der Waals surface area (Å²) in [5, 5.41) is 10.6. The Morgan fingerprint density at radius 3 is 0.745 bits per heavy atom. The van der Waals surface area contributed by atoms with E-state index in [0.29, 0.717) is 25.7 Å². The van der Waals surface area contributed by atoms with Crippen LogP contribution in [0.5, 0.6) is 0 Å². The predicted octanol–water partition coefficient (Wildman–Crippen LogP) is 21.6. The Hall–Kier alpha value is -2.72. The summed E-state index contributed by atoms with van der Waals surface area (Å²) in [4.78, 5) is 72.7. The van der Waals surface area contributed by atoms with Crippen LogP contribution in [0.4, 0.5) is 0 Å². The number of hydrogen-bond acceptors (Lipinski definition) is 15. The zero-order valence-electron chi connectivity index (χ0n) is 60.2. The second-order valence-electron chi connectivity index (χ2n) is 25.9. The van der Waals surface area contributed by atoms with Crippen molar-refractivity contribution in [2.24, 2.45) is 0 Å². The molecule has 94 heavy (non-hydrogen) atoms. The van der Waals surface area contributed by atoms with E-state index >= 15 is 0 Å². The third kappa shape index (κ3) is 67.8. The Balaban J connectivity index is 5.31. The number of rotatable bonds is 73. The number of aliphatic hydroxyl groups excluding tert-OH is 1. The van der Waals surface area contributed by atoms with Crippen molar-refractivity contribution in [3.05, 3.63) is 36.5 Å². The zero-order valence-corrected chi connectivity index (χ0v) is 61.9. The Morgan fingerprint density at radius 2 is 0.489 bits per heavy atom. The number of unbranched alkanes of at least 4 members (excludes halogenated alkanes) is 41. The fourth-order valence-electron chi connectivity index (χ4n) is 10.7. The van der Waals surface area contributed by atoms with Crippen molar-refractivity contribution in [1.82, 2.24) is 0 Å². The predicted molar refractivity (Wildman–Crippen MR) is 381 cm³/mol. The summed E-state index contributed by atoms with van der Waals surface area (Å²) in [5.41, 5.74) is 0. The van der Waals surface area contributed by atoms with E-state index in [4.69, 9.17) is 37.0 Å². The molecule has 0 saturated carbocycles. The van der Waals surface area contributed by atoms with Gasteiger partial charge in [0.15, 0.2) is 12.2 Å². The van der Waals surface area contributed by atoms with Crippen LogP contribution in [0.25, 0.3) is 0 Å². The van der Waals surface area contributed by atoms with Gasteiger partial charge in [-0.2, -0.15) is 0 Å². The quantitative estimate of drug-likeness (QED) is 0.0169. The Morgan fingerprint density at radius 1 is 0.287 bits per heavy atom.